The quantitative estimate of drug-likeness (QED) is 0.905. The third-order valence-electron chi connectivity index (χ3n) is 2.84. The van der Waals surface area contributed by atoms with Gasteiger partial charge in [-0.3, -0.25) is 0 Å². The van der Waals surface area contributed by atoms with Crippen LogP contribution in [0, 0.1) is 13.8 Å². The summed E-state index contributed by atoms with van der Waals surface area (Å²) >= 11 is 1.77. The normalized spacial score (nSPS) is 12.9. The van der Waals surface area contributed by atoms with Crippen molar-refractivity contribution in [3.63, 3.8) is 0 Å². The molecule has 2 heterocycles. The Labute approximate surface area is 106 Å². The van der Waals surface area contributed by atoms with Gasteiger partial charge in [-0.2, -0.15) is 0 Å². The molecule has 0 radical (unpaired) electrons. The highest BCUT2D eigenvalue weighted by Gasteiger charge is 2.16. The van der Waals surface area contributed by atoms with Gasteiger partial charge in [0.25, 0.3) is 0 Å². The van der Waals surface area contributed by atoms with Crippen molar-refractivity contribution < 1.29 is 0 Å². The van der Waals surface area contributed by atoms with Crippen molar-refractivity contribution in [3.05, 3.63) is 33.8 Å². The highest BCUT2D eigenvalue weighted by Crippen LogP contribution is 2.28. The van der Waals surface area contributed by atoms with Crippen LogP contribution in [0.5, 0.6) is 0 Å². The third-order valence-corrected chi connectivity index (χ3v) is 4.08. The van der Waals surface area contributed by atoms with Gasteiger partial charge in [0.1, 0.15) is 0 Å². The molecule has 0 aromatic carbocycles. The van der Waals surface area contributed by atoms with Crippen molar-refractivity contribution in [2.24, 2.45) is 0 Å². The Morgan fingerprint density at radius 3 is 2.82 bits per heavy atom. The first-order chi connectivity index (χ1) is 8.13. The second-order valence-corrected chi connectivity index (χ2v) is 5.42. The fourth-order valence-electron chi connectivity index (χ4n) is 2.06. The molecule has 17 heavy (non-hydrogen) atoms. The summed E-state index contributed by atoms with van der Waals surface area (Å²) in [4.78, 5) is 10.0. The summed E-state index contributed by atoms with van der Waals surface area (Å²) in [6.07, 6.45) is 3.81. The van der Waals surface area contributed by atoms with Crippen LogP contribution in [-0.2, 0) is 6.54 Å². The van der Waals surface area contributed by atoms with Crippen LogP contribution in [0.3, 0.4) is 0 Å². The molecule has 1 N–H and O–H groups in total. The van der Waals surface area contributed by atoms with Crippen LogP contribution in [0.25, 0.3) is 0 Å². The molecule has 0 saturated heterocycles. The third kappa shape index (κ3) is 2.40. The number of hydrogen-bond acceptors (Lipinski definition) is 4. The van der Waals surface area contributed by atoms with E-state index in [1.54, 1.807) is 11.3 Å². The van der Waals surface area contributed by atoms with Crippen LogP contribution in [0.1, 0.15) is 34.2 Å². The molecule has 0 bridgehead atoms. The minimum Gasteiger partial charge on any atom is -0.325 e. The van der Waals surface area contributed by atoms with Gasteiger partial charge in [-0.1, -0.05) is 0 Å². The summed E-state index contributed by atoms with van der Waals surface area (Å²) in [6, 6.07) is 0.298. The molecule has 1 unspecified atom stereocenters. The van der Waals surface area contributed by atoms with Gasteiger partial charge < -0.3 is 9.88 Å². The molecule has 1 atom stereocenters. The molecule has 92 valence electrons. The van der Waals surface area contributed by atoms with Crippen LogP contribution < -0.4 is 5.32 Å². The molecule has 5 heteroatoms. The largest absolute Gasteiger partial charge is 0.325 e. The van der Waals surface area contributed by atoms with E-state index in [0.29, 0.717) is 6.04 Å². The lowest BCUT2D eigenvalue weighted by atomic mass is 10.2. The Hall–Kier alpha value is -1.20. The Bertz CT molecular complexity index is 500. The summed E-state index contributed by atoms with van der Waals surface area (Å²) in [5.74, 6) is 0. The van der Waals surface area contributed by atoms with Gasteiger partial charge in [0.15, 0.2) is 0 Å². The maximum Gasteiger partial charge on any atom is 0.0954 e. The average Bonchev–Trinajstić information content (AvgIpc) is 2.85. The Morgan fingerprint density at radius 1 is 1.47 bits per heavy atom. The second-order valence-electron chi connectivity index (χ2n) is 4.18. The average molecular weight is 250 g/mol. The summed E-state index contributed by atoms with van der Waals surface area (Å²) in [5, 5.41) is 4.29. The first kappa shape index (κ1) is 12.3. The van der Waals surface area contributed by atoms with Crippen molar-refractivity contribution in [1.82, 2.24) is 19.9 Å². The summed E-state index contributed by atoms with van der Waals surface area (Å²) in [6.45, 7) is 7.16. The monoisotopic (exact) mass is 250 g/mol. The SMILES string of the molecule is CNCc1cncn1C(C)c1sc(C)nc1C. The van der Waals surface area contributed by atoms with Crippen LogP contribution in [0.15, 0.2) is 12.5 Å². The number of thiazole rings is 1. The van der Waals surface area contributed by atoms with Gasteiger partial charge in [-0.05, 0) is 27.8 Å². The van der Waals surface area contributed by atoms with Gasteiger partial charge in [-0.25, -0.2) is 9.97 Å². The number of nitrogens with zero attached hydrogens (tertiary/aromatic N) is 3. The van der Waals surface area contributed by atoms with Crippen molar-refractivity contribution in [3.8, 4) is 0 Å². The van der Waals surface area contributed by atoms with E-state index in [9.17, 15) is 0 Å². The molecule has 4 nitrogen and oxygen atoms in total. The van der Waals surface area contributed by atoms with Gasteiger partial charge in [-0.15, -0.1) is 11.3 Å². The van der Waals surface area contributed by atoms with Gasteiger partial charge in [0.05, 0.1) is 33.6 Å². The predicted octanol–water partition coefficient (Wildman–Crippen LogP) is 2.29. The van der Waals surface area contributed by atoms with Crippen molar-refractivity contribution in [2.45, 2.75) is 33.4 Å². The standard InChI is InChI=1S/C12H18N4S/c1-8-12(17-10(3)15-8)9(2)16-7-14-6-11(16)5-13-4/h6-7,9,13H,5H2,1-4H3. The minimum absolute atomic E-state index is 0.298. The van der Waals surface area contributed by atoms with E-state index in [-0.39, 0.29) is 0 Å². The molecule has 2 rings (SSSR count). The Morgan fingerprint density at radius 2 is 2.24 bits per heavy atom. The summed E-state index contributed by atoms with van der Waals surface area (Å²) in [5.41, 5.74) is 2.33. The topological polar surface area (TPSA) is 42.7 Å². The van der Waals surface area contributed by atoms with Gasteiger partial charge in [0, 0.05) is 12.7 Å². The van der Waals surface area contributed by atoms with Crippen molar-refractivity contribution in [1.29, 1.82) is 0 Å². The molecule has 2 aromatic rings. The van der Waals surface area contributed by atoms with E-state index < -0.39 is 0 Å². The molecular weight excluding hydrogens is 232 g/mol. The predicted molar refractivity (Wildman–Crippen MR) is 70.4 cm³/mol. The second kappa shape index (κ2) is 4.98. The zero-order valence-electron chi connectivity index (χ0n) is 10.7. The maximum absolute atomic E-state index is 4.49. The molecule has 0 spiro atoms. The summed E-state index contributed by atoms with van der Waals surface area (Å²) < 4.78 is 2.20. The molecule has 0 aliphatic carbocycles. The van der Waals surface area contributed by atoms with Crippen molar-refractivity contribution >= 4 is 11.3 Å². The maximum atomic E-state index is 4.49. The van der Waals surface area contributed by atoms with E-state index >= 15 is 0 Å². The van der Waals surface area contributed by atoms with Crippen LogP contribution in [0.2, 0.25) is 0 Å². The number of imidazole rings is 1. The van der Waals surface area contributed by atoms with Gasteiger partial charge in [0.2, 0.25) is 0 Å². The first-order valence-corrected chi connectivity index (χ1v) is 6.54. The zero-order valence-corrected chi connectivity index (χ0v) is 11.5. The van der Waals surface area contributed by atoms with Gasteiger partial charge >= 0.3 is 0 Å². The fraction of sp³-hybridized carbons (Fsp3) is 0.500. The summed E-state index contributed by atoms with van der Waals surface area (Å²) in [7, 11) is 1.95. The Balaban J connectivity index is 2.33. The first-order valence-electron chi connectivity index (χ1n) is 5.72. The fourth-order valence-corrected chi connectivity index (χ4v) is 3.04. The Kier molecular flexibility index (Phi) is 3.59. The molecule has 0 aliphatic rings. The van der Waals surface area contributed by atoms with E-state index in [1.165, 1.54) is 10.6 Å². The molecule has 2 aromatic heterocycles. The van der Waals surface area contributed by atoms with E-state index in [4.69, 9.17) is 0 Å². The number of hydrogen-bond donors (Lipinski definition) is 1. The number of nitrogens with one attached hydrogen (secondary N) is 1. The molecule has 0 fully saturated rings. The molecule has 0 saturated carbocycles. The van der Waals surface area contributed by atoms with Crippen LogP contribution in [-0.4, -0.2) is 21.6 Å². The highest BCUT2D eigenvalue weighted by atomic mass is 32.1. The molecule has 0 aliphatic heterocycles. The lowest BCUT2D eigenvalue weighted by Gasteiger charge is -2.15. The molecule has 0 amide bonds. The van der Waals surface area contributed by atoms with E-state index in [0.717, 1.165) is 17.2 Å². The smallest absolute Gasteiger partial charge is 0.0954 e. The number of aryl methyl sites for hydroxylation is 2. The number of aromatic nitrogens is 3. The van der Waals surface area contributed by atoms with Crippen LogP contribution in [0.4, 0.5) is 0 Å². The number of rotatable bonds is 4. The van der Waals surface area contributed by atoms with Crippen molar-refractivity contribution in [2.75, 3.05) is 7.05 Å². The van der Waals surface area contributed by atoms with E-state index in [1.807, 2.05) is 19.6 Å². The van der Waals surface area contributed by atoms with Crippen LogP contribution >= 0.6 is 11.3 Å². The lowest BCUT2D eigenvalue weighted by molar-refractivity contribution is 0.598. The lowest BCUT2D eigenvalue weighted by Crippen LogP contribution is -2.14. The zero-order chi connectivity index (χ0) is 12.4. The molecular formula is C12H18N4S. The highest BCUT2D eigenvalue weighted by molar-refractivity contribution is 7.11. The minimum atomic E-state index is 0.298. The van der Waals surface area contributed by atoms with E-state index in [2.05, 4.69) is 40.6 Å².